The van der Waals surface area contributed by atoms with E-state index >= 15 is 0 Å². The number of carboxylic acid groups (broad SMARTS) is 1. The minimum Gasteiger partial charge on any atom is -0.493 e. The van der Waals surface area contributed by atoms with Gasteiger partial charge in [0.1, 0.15) is 11.9 Å². The number of nitrogens with one attached hydrogen (secondary N) is 1. The molecule has 0 bridgehead atoms. The molecule has 2 aromatic rings. The van der Waals surface area contributed by atoms with E-state index in [1.165, 1.54) is 11.8 Å². The number of nitrogens with zero attached hydrogens (tertiary/aromatic N) is 2. The fourth-order valence-corrected chi connectivity index (χ4v) is 3.54. The molecule has 0 aromatic heterocycles. The summed E-state index contributed by atoms with van der Waals surface area (Å²) in [6.45, 7) is 2.46. The number of ether oxygens (including phenoxy) is 2. The number of methoxy groups -OCH3 is 1. The van der Waals surface area contributed by atoms with Crippen LogP contribution in [0.15, 0.2) is 52.7 Å². The standard InChI is InChI=1S/C21H21N3O5S/c1-13-3-5-14(6-4-13)12-29-16-8-7-15(9-17(16)28-2)11-22-24-21-23-20(27)18(30-21)10-19(25)26/h3-9,11,18H,10,12H2,1-2H3,(H,25,26)(H,23,24,27)/b22-11+. The average Bonchev–Trinajstić information content (AvgIpc) is 3.06. The van der Waals surface area contributed by atoms with E-state index in [-0.39, 0.29) is 17.5 Å². The molecular weight excluding hydrogens is 406 g/mol. The van der Waals surface area contributed by atoms with Gasteiger partial charge in [0.05, 0.1) is 19.7 Å². The maximum absolute atomic E-state index is 11.7. The largest absolute Gasteiger partial charge is 0.493 e. The molecule has 2 N–H and O–H groups in total. The first-order valence-electron chi connectivity index (χ1n) is 9.11. The summed E-state index contributed by atoms with van der Waals surface area (Å²) in [7, 11) is 1.56. The van der Waals surface area contributed by atoms with Gasteiger partial charge in [-0.25, -0.2) is 0 Å². The number of rotatable bonds is 8. The van der Waals surface area contributed by atoms with Crippen molar-refractivity contribution in [2.24, 2.45) is 10.2 Å². The van der Waals surface area contributed by atoms with Crippen LogP contribution in [0.1, 0.15) is 23.1 Å². The minimum absolute atomic E-state index is 0.263. The van der Waals surface area contributed by atoms with Crippen molar-refractivity contribution in [1.29, 1.82) is 0 Å². The van der Waals surface area contributed by atoms with Gasteiger partial charge < -0.3 is 19.9 Å². The van der Waals surface area contributed by atoms with Crippen LogP contribution < -0.4 is 14.8 Å². The first-order valence-corrected chi connectivity index (χ1v) is 9.99. The van der Waals surface area contributed by atoms with Crippen LogP contribution in [0.25, 0.3) is 0 Å². The predicted octanol–water partition coefficient (Wildman–Crippen LogP) is 2.98. The van der Waals surface area contributed by atoms with Crippen LogP contribution >= 0.6 is 11.8 Å². The fraction of sp³-hybridized carbons (Fsp3) is 0.238. The van der Waals surface area contributed by atoms with E-state index in [0.29, 0.717) is 18.1 Å². The van der Waals surface area contributed by atoms with Crippen molar-refractivity contribution in [2.75, 3.05) is 7.11 Å². The van der Waals surface area contributed by atoms with Crippen LogP contribution in [0.3, 0.4) is 0 Å². The normalized spacial score (nSPS) is 17.3. The van der Waals surface area contributed by atoms with Gasteiger partial charge >= 0.3 is 5.97 Å². The highest BCUT2D eigenvalue weighted by atomic mass is 32.2. The SMILES string of the molecule is COc1cc(/C=N/N=C2\NC(=O)C(CC(=O)O)S2)ccc1OCc1ccc(C)cc1. The molecule has 0 saturated carbocycles. The van der Waals surface area contributed by atoms with Gasteiger partial charge in [-0.2, -0.15) is 5.10 Å². The lowest BCUT2D eigenvalue weighted by atomic mass is 10.2. The molecular formula is C21H21N3O5S. The lowest BCUT2D eigenvalue weighted by Crippen LogP contribution is -2.26. The summed E-state index contributed by atoms with van der Waals surface area (Å²) in [6, 6.07) is 13.5. The molecule has 9 heteroatoms. The number of aliphatic carboxylic acids is 1. The Morgan fingerprint density at radius 2 is 2.00 bits per heavy atom. The van der Waals surface area contributed by atoms with Crippen molar-refractivity contribution in [3.05, 3.63) is 59.2 Å². The molecule has 0 aliphatic carbocycles. The Morgan fingerprint density at radius 1 is 1.23 bits per heavy atom. The van der Waals surface area contributed by atoms with Crippen molar-refractivity contribution < 1.29 is 24.2 Å². The summed E-state index contributed by atoms with van der Waals surface area (Å²) in [5.41, 5.74) is 2.98. The smallest absolute Gasteiger partial charge is 0.305 e. The van der Waals surface area contributed by atoms with Crippen molar-refractivity contribution >= 4 is 35.0 Å². The summed E-state index contributed by atoms with van der Waals surface area (Å²) in [4.78, 5) is 22.4. The van der Waals surface area contributed by atoms with Gasteiger partial charge in [-0.05, 0) is 36.2 Å². The van der Waals surface area contributed by atoms with Crippen LogP contribution in [-0.2, 0) is 16.2 Å². The highest BCUT2D eigenvalue weighted by Gasteiger charge is 2.32. The second kappa shape index (κ2) is 9.93. The zero-order chi connectivity index (χ0) is 21.5. The number of aryl methyl sites for hydroxylation is 1. The van der Waals surface area contributed by atoms with E-state index in [9.17, 15) is 9.59 Å². The number of carbonyl (C=O) groups is 2. The predicted molar refractivity (Wildman–Crippen MR) is 115 cm³/mol. The average molecular weight is 427 g/mol. The first-order chi connectivity index (χ1) is 14.4. The molecule has 1 saturated heterocycles. The fourth-order valence-electron chi connectivity index (χ4n) is 2.62. The van der Waals surface area contributed by atoms with Crippen LogP contribution in [0.4, 0.5) is 0 Å². The van der Waals surface area contributed by atoms with E-state index in [1.54, 1.807) is 19.2 Å². The number of benzene rings is 2. The maximum Gasteiger partial charge on any atom is 0.305 e. The molecule has 1 fully saturated rings. The third kappa shape index (κ3) is 5.84. The quantitative estimate of drug-likeness (QED) is 0.495. The number of thioether (sulfide) groups is 1. The summed E-state index contributed by atoms with van der Waals surface area (Å²) in [5.74, 6) is -0.252. The third-order valence-corrected chi connectivity index (χ3v) is 5.27. The molecule has 8 nitrogen and oxygen atoms in total. The molecule has 1 heterocycles. The number of amidine groups is 1. The van der Waals surface area contributed by atoms with E-state index in [0.717, 1.165) is 22.9 Å². The molecule has 156 valence electrons. The van der Waals surface area contributed by atoms with E-state index in [1.807, 2.05) is 37.3 Å². The zero-order valence-corrected chi connectivity index (χ0v) is 17.3. The minimum atomic E-state index is -1.04. The number of amides is 1. The first kappa shape index (κ1) is 21.4. The number of carbonyl (C=O) groups excluding carboxylic acids is 1. The van der Waals surface area contributed by atoms with Gasteiger partial charge in [0, 0.05) is 0 Å². The Morgan fingerprint density at radius 3 is 2.70 bits per heavy atom. The summed E-state index contributed by atoms with van der Waals surface area (Å²) in [5, 5.41) is 18.8. The Balaban J connectivity index is 1.62. The lowest BCUT2D eigenvalue weighted by molar-refractivity contribution is -0.138. The highest BCUT2D eigenvalue weighted by Crippen LogP contribution is 2.28. The Hall–Kier alpha value is -3.33. The Kier molecular flexibility index (Phi) is 7.08. The second-order valence-corrected chi connectivity index (χ2v) is 7.72. The molecule has 0 radical (unpaired) electrons. The Labute approximate surface area is 178 Å². The van der Waals surface area contributed by atoms with Crippen LogP contribution in [0.2, 0.25) is 0 Å². The van der Waals surface area contributed by atoms with Crippen LogP contribution in [-0.4, -0.2) is 40.7 Å². The molecule has 3 rings (SSSR count). The van der Waals surface area contributed by atoms with Crippen molar-refractivity contribution in [3.63, 3.8) is 0 Å². The molecule has 30 heavy (non-hydrogen) atoms. The summed E-state index contributed by atoms with van der Waals surface area (Å²) < 4.78 is 11.3. The van der Waals surface area contributed by atoms with Gasteiger partial charge in [-0.1, -0.05) is 41.6 Å². The van der Waals surface area contributed by atoms with E-state index in [4.69, 9.17) is 14.6 Å². The van der Waals surface area contributed by atoms with Gasteiger partial charge in [-0.15, -0.1) is 5.10 Å². The monoisotopic (exact) mass is 427 g/mol. The molecule has 1 amide bonds. The van der Waals surface area contributed by atoms with Crippen LogP contribution in [0.5, 0.6) is 11.5 Å². The molecule has 1 unspecified atom stereocenters. The molecule has 1 aliphatic rings. The van der Waals surface area contributed by atoms with Crippen molar-refractivity contribution in [3.8, 4) is 11.5 Å². The second-order valence-electron chi connectivity index (χ2n) is 6.53. The maximum atomic E-state index is 11.7. The van der Waals surface area contributed by atoms with Gasteiger partial charge in [0.25, 0.3) is 0 Å². The topological polar surface area (TPSA) is 110 Å². The van der Waals surface area contributed by atoms with E-state index in [2.05, 4.69) is 15.5 Å². The van der Waals surface area contributed by atoms with Crippen molar-refractivity contribution in [2.45, 2.75) is 25.2 Å². The van der Waals surface area contributed by atoms with Gasteiger partial charge in [0.15, 0.2) is 16.7 Å². The number of carboxylic acids is 1. The molecule has 1 atom stereocenters. The highest BCUT2D eigenvalue weighted by molar-refractivity contribution is 8.15. The van der Waals surface area contributed by atoms with E-state index < -0.39 is 11.2 Å². The molecule has 1 aliphatic heterocycles. The summed E-state index contributed by atoms with van der Waals surface area (Å²) in [6.07, 6.45) is 1.25. The summed E-state index contributed by atoms with van der Waals surface area (Å²) >= 11 is 1.05. The van der Waals surface area contributed by atoms with Crippen LogP contribution in [0, 0.1) is 6.92 Å². The molecule has 0 spiro atoms. The van der Waals surface area contributed by atoms with Gasteiger partial charge in [0.2, 0.25) is 5.91 Å². The Bertz CT molecular complexity index is 989. The number of hydrogen-bond acceptors (Lipinski definition) is 7. The lowest BCUT2D eigenvalue weighted by Gasteiger charge is -2.11. The zero-order valence-electron chi connectivity index (χ0n) is 16.5. The molecule has 2 aromatic carbocycles. The third-order valence-electron chi connectivity index (χ3n) is 4.19. The van der Waals surface area contributed by atoms with Gasteiger partial charge in [-0.3, -0.25) is 9.59 Å². The number of hydrogen-bond donors (Lipinski definition) is 2. The van der Waals surface area contributed by atoms with Crippen molar-refractivity contribution in [1.82, 2.24) is 5.32 Å².